The van der Waals surface area contributed by atoms with E-state index >= 15 is 0 Å². The Labute approximate surface area is 123 Å². The van der Waals surface area contributed by atoms with Gasteiger partial charge in [0.15, 0.2) is 0 Å². The van der Waals surface area contributed by atoms with Crippen molar-refractivity contribution in [3.63, 3.8) is 0 Å². The fourth-order valence-corrected chi connectivity index (χ4v) is 2.73. The summed E-state index contributed by atoms with van der Waals surface area (Å²) in [7, 11) is 0. The molecule has 2 nitrogen and oxygen atoms in total. The van der Waals surface area contributed by atoms with E-state index in [1.807, 2.05) is 6.07 Å². The highest BCUT2D eigenvalue weighted by Crippen LogP contribution is 2.20. The average Bonchev–Trinajstić information content (AvgIpc) is 2.52. The third kappa shape index (κ3) is 6.53. The largest absolute Gasteiger partial charge is 0.378 e. The molecular weight excluding hydrogens is 248 g/mol. The quantitative estimate of drug-likeness (QED) is 0.607. The Morgan fingerprint density at radius 3 is 2.40 bits per heavy atom. The van der Waals surface area contributed by atoms with E-state index in [-0.39, 0.29) is 0 Å². The SMILES string of the molecule is c1ccc(COCCCCCOC2CCCCC2)cc1. The molecule has 0 amide bonds. The summed E-state index contributed by atoms with van der Waals surface area (Å²) in [5.41, 5.74) is 1.26. The molecule has 0 heterocycles. The third-order valence-corrected chi connectivity index (χ3v) is 3.95. The Hall–Kier alpha value is -0.860. The van der Waals surface area contributed by atoms with Gasteiger partial charge in [0.05, 0.1) is 12.7 Å². The van der Waals surface area contributed by atoms with Gasteiger partial charge in [0.25, 0.3) is 0 Å². The Morgan fingerprint density at radius 1 is 0.850 bits per heavy atom. The molecule has 0 saturated heterocycles. The Kier molecular flexibility index (Phi) is 7.73. The molecule has 1 fully saturated rings. The number of hydrogen-bond acceptors (Lipinski definition) is 2. The van der Waals surface area contributed by atoms with Crippen LogP contribution in [0.1, 0.15) is 56.9 Å². The summed E-state index contributed by atoms with van der Waals surface area (Å²) in [6.07, 6.45) is 10.8. The second kappa shape index (κ2) is 9.95. The van der Waals surface area contributed by atoms with E-state index in [2.05, 4.69) is 24.3 Å². The molecule has 2 rings (SSSR count). The molecule has 0 bridgehead atoms. The van der Waals surface area contributed by atoms with Crippen molar-refractivity contribution < 1.29 is 9.47 Å². The standard InChI is InChI=1S/C18H28O2/c1-4-10-17(11-5-1)16-19-14-8-3-9-15-20-18-12-6-2-7-13-18/h1,4-5,10-11,18H,2-3,6-9,12-16H2. The third-order valence-electron chi connectivity index (χ3n) is 3.95. The van der Waals surface area contributed by atoms with Crippen molar-refractivity contribution in [2.24, 2.45) is 0 Å². The molecule has 0 aliphatic heterocycles. The molecule has 0 atom stereocenters. The van der Waals surface area contributed by atoms with Crippen molar-refractivity contribution in [3.05, 3.63) is 35.9 Å². The molecule has 0 aromatic heterocycles. The van der Waals surface area contributed by atoms with Crippen LogP contribution in [0.25, 0.3) is 0 Å². The second-order valence-electron chi connectivity index (χ2n) is 5.73. The first kappa shape index (κ1) is 15.5. The average molecular weight is 276 g/mol. The molecule has 1 aromatic carbocycles. The number of unbranched alkanes of at least 4 members (excludes halogenated alkanes) is 2. The van der Waals surface area contributed by atoms with Gasteiger partial charge in [-0.25, -0.2) is 0 Å². The zero-order chi connectivity index (χ0) is 13.9. The molecule has 0 unspecified atom stereocenters. The Balaban J connectivity index is 1.38. The smallest absolute Gasteiger partial charge is 0.0716 e. The fraction of sp³-hybridized carbons (Fsp3) is 0.667. The lowest BCUT2D eigenvalue weighted by molar-refractivity contribution is 0.0251. The summed E-state index contributed by atoms with van der Waals surface area (Å²) in [6, 6.07) is 10.4. The maximum Gasteiger partial charge on any atom is 0.0716 e. The van der Waals surface area contributed by atoms with Crippen LogP contribution in [0.15, 0.2) is 30.3 Å². The van der Waals surface area contributed by atoms with E-state index in [0.29, 0.717) is 6.10 Å². The van der Waals surface area contributed by atoms with Crippen LogP contribution in [-0.2, 0) is 16.1 Å². The van der Waals surface area contributed by atoms with Crippen LogP contribution >= 0.6 is 0 Å². The van der Waals surface area contributed by atoms with Gasteiger partial charge in [0.2, 0.25) is 0 Å². The number of hydrogen-bond donors (Lipinski definition) is 0. The van der Waals surface area contributed by atoms with E-state index in [1.54, 1.807) is 0 Å². The summed E-state index contributed by atoms with van der Waals surface area (Å²) in [6.45, 7) is 2.53. The molecule has 1 aromatic rings. The summed E-state index contributed by atoms with van der Waals surface area (Å²) >= 11 is 0. The van der Waals surface area contributed by atoms with Crippen LogP contribution in [0.2, 0.25) is 0 Å². The summed E-state index contributed by atoms with van der Waals surface area (Å²) < 4.78 is 11.6. The van der Waals surface area contributed by atoms with Gasteiger partial charge in [-0.3, -0.25) is 0 Å². The first-order valence-electron chi connectivity index (χ1n) is 8.18. The number of benzene rings is 1. The van der Waals surface area contributed by atoms with Crippen molar-refractivity contribution in [2.45, 2.75) is 64.1 Å². The summed E-state index contributed by atoms with van der Waals surface area (Å²) in [5.74, 6) is 0. The van der Waals surface area contributed by atoms with E-state index in [9.17, 15) is 0 Å². The van der Waals surface area contributed by atoms with Gasteiger partial charge in [-0.15, -0.1) is 0 Å². The van der Waals surface area contributed by atoms with Gasteiger partial charge in [-0.1, -0.05) is 49.6 Å². The molecule has 112 valence electrons. The molecule has 2 heteroatoms. The van der Waals surface area contributed by atoms with Gasteiger partial charge >= 0.3 is 0 Å². The monoisotopic (exact) mass is 276 g/mol. The van der Waals surface area contributed by atoms with E-state index in [1.165, 1.54) is 50.5 Å². The lowest BCUT2D eigenvalue weighted by atomic mass is 9.98. The van der Waals surface area contributed by atoms with Crippen LogP contribution in [-0.4, -0.2) is 19.3 Å². The topological polar surface area (TPSA) is 18.5 Å². The minimum Gasteiger partial charge on any atom is -0.378 e. The van der Waals surface area contributed by atoms with E-state index < -0.39 is 0 Å². The minimum atomic E-state index is 0.554. The highest BCUT2D eigenvalue weighted by Gasteiger charge is 2.12. The zero-order valence-corrected chi connectivity index (χ0v) is 12.6. The van der Waals surface area contributed by atoms with Crippen LogP contribution in [0.3, 0.4) is 0 Å². The highest BCUT2D eigenvalue weighted by molar-refractivity contribution is 5.13. The number of ether oxygens (including phenoxy) is 2. The van der Waals surface area contributed by atoms with Crippen molar-refractivity contribution in [3.8, 4) is 0 Å². The van der Waals surface area contributed by atoms with Crippen LogP contribution in [0, 0.1) is 0 Å². The number of rotatable bonds is 9. The second-order valence-corrected chi connectivity index (χ2v) is 5.73. The van der Waals surface area contributed by atoms with E-state index in [4.69, 9.17) is 9.47 Å². The van der Waals surface area contributed by atoms with Crippen LogP contribution < -0.4 is 0 Å². The van der Waals surface area contributed by atoms with Crippen molar-refractivity contribution in [1.82, 2.24) is 0 Å². The van der Waals surface area contributed by atoms with Gasteiger partial charge < -0.3 is 9.47 Å². The molecule has 0 radical (unpaired) electrons. The lowest BCUT2D eigenvalue weighted by Gasteiger charge is -2.21. The van der Waals surface area contributed by atoms with Gasteiger partial charge in [-0.05, 0) is 37.7 Å². The predicted octanol–water partition coefficient (Wildman–Crippen LogP) is 4.72. The van der Waals surface area contributed by atoms with E-state index in [0.717, 1.165) is 26.2 Å². The first-order chi connectivity index (χ1) is 9.95. The maximum atomic E-state index is 5.92. The summed E-state index contributed by atoms with van der Waals surface area (Å²) in [5, 5.41) is 0. The molecule has 1 saturated carbocycles. The Bertz CT molecular complexity index is 331. The minimum absolute atomic E-state index is 0.554. The molecule has 0 spiro atoms. The summed E-state index contributed by atoms with van der Waals surface area (Å²) in [4.78, 5) is 0. The van der Waals surface area contributed by atoms with Crippen molar-refractivity contribution in [2.75, 3.05) is 13.2 Å². The van der Waals surface area contributed by atoms with Crippen molar-refractivity contribution in [1.29, 1.82) is 0 Å². The van der Waals surface area contributed by atoms with Crippen LogP contribution in [0.4, 0.5) is 0 Å². The fourth-order valence-electron chi connectivity index (χ4n) is 2.73. The predicted molar refractivity (Wildman–Crippen MR) is 82.8 cm³/mol. The van der Waals surface area contributed by atoms with Gasteiger partial charge in [0.1, 0.15) is 0 Å². The molecular formula is C18H28O2. The normalized spacial score (nSPS) is 16.4. The molecule has 20 heavy (non-hydrogen) atoms. The van der Waals surface area contributed by atoms with Gasteiger partial charge in [-0.2, -0.15) is 0 Å². The maximum absolute atomic E-state index is 5.92. The first-order valence-corrected chi connectivity index (χ1v) is 8.18. The molecule has 0 N–H and O–H groups in total. The van der Waals surface area contributed by atoms with Crippen molar-refractivity contribution >= 4 is 0 Å². The highest BCUT2D eigenvalue weighted by atomic mass is 16.5. The lowest BCUT2D eigenvalue weighted by Crippen LogP contribution is -2.17. The Morgan fingerprint density at radius 2 is 1.60 bits per heavy atom. The molecule has 1 aliphatic carbocycles. The zero-order valence-electron chi connectivity index (χ0n) is 12.6. The molecule has 1 aliphatic rings. The van der Waals surface area contributed by atoms with Gasteiger partial charge in [0, 0.05) is 13.2 Å². The van der Waals surface area contributed by atoms with Crippen LogP contribution in [0.5, 0.6) is 0 Å².